The Kier molecular flexibility index (Phi) is 3.48. The Morgan fingerprint density at radius 1 is 1.48 bits per heavy atom. The highest BCUT2D eigenvalue weighted by Crippen LogP contribution is 2.20. The molecule has 0 bridgehead atoms. The Bertz CT molecular complexity index is 681. The molecule has 6 heteroatoms. The third-order valence-corrected chi connectivity index (χ3v) is 3.64. The van der Waals surface area contributed by atoms with Crippen LogP contribution in [0.3, 0.4) is 0 Å². The molecule has 1 atom stereocenters. The summed E-state index contributed by atoms with van der Waals surface area (Å²) in [6, 6.07) is 8.93. The Hall–Kier alpha value is -2.18. The van der Waals surface area contributed by atoms with Gasteiger partial charge in [0, 0.05) is 30.6 Å². The second-order valence-corrected chi connectivity index (χ2v) is 5.32. The first-order valence-corrected chi connectivity index (χ1v) is 6.81. The normalized spacial score (nSPS) is 21.6. The van der Waals surface area contributed by atoms with Gasteiger partial charge in [0.2, 0.25) is 0 Å². The highest BCUT2D eigenvalue weighted by Gasteiger charge is 2.32. The van der Waals surface area contributed by atoms with Gasteiger partial charge in [-0.2, -0.15) is 0 Å². The molecule has 1 aromatic carbocycles. The highest BCUT2D eigenvalue weighted by molar-refractivity contribution is 5.99. The van der Waals surface area contributed by atoms with E-state index in [9.17, 15) is 9.90 Å². The van der Waals surface area contributed by atoms with Crippen LogP contribution in [0.5, 0.6) is 0 Å². The van der Waals surface area contributed by atoms with Crippen LogP contribution in [0.25, 0.3) is 10.9 Å². The molecule has 3 rings (SSSR count). The van der Waals surface area contributed by atoms with E-state index in [1.54, 1.807) is 12.1 Å². The van der Waals surface area contributed by atoms with E-state index < -0.39 is 5.60 Å². The number of fused-ring (bicyclic) bond motifs is 1. The standard InChI is InChI=1S/C15H17N3O3/c16-11-7-13(18-12-4-2-1-3-10(11)12)14(19)17-8-15(20)5-6-21-9-15/h1-4,7,20H,5-6,8-9H2,(H2,16,18)(H,17,19). The van der Waals surface area contributed by atoms with Gasteiger partial charge in [-0.25, -0.2) is 4.98 Å². The van der Waals surface area contributed by atoms with Crippen molar-refractivity contribution in [2.45, 2.75) is 12.0 Å². The molecule has 1 fully saturated rings. The van der Waals surface area contributed by atoms with Crippen molar-refractivity contribution in [2.75, 3.05) is 25.5 Å². The van der Waals surface area contributed by atoms with Gasteiger partial charge in [0.15, 0.2) is 0 Å². The van der Waals surface area contributed by atoms with Gasteiger partial charge in [-0.05, 0) is 12.1 Å². The molecule has 0 aliphatic carbocycles. The fourth-order valence-corrected chi connectivity index (χ4v) is 2.39. The van der Waals surface area contributed by atoms with E-state index in [2.05, 4.69) is 10.3 Å². The molecule has 1 unspecified atom stereocenters. The van der Waals surface area contributed by atoms with Crippen molar-refractivity contribution in [3.8, 4) is 0 Å². The summed E-state index contributed by atoms with van der Waals surface area (Å²) in [5.74, 6) is -0.354. The maximum Gasteiger partial charge on any atom is 0.270 e. The van der Waals surface area contributed by atoms with Crippen molar-refractivity contribution in [3.63, 3.8) is 0 Å². The van der Waals surface area contributed by atoms with Gasteiger partial charge in [-0.1, -0.05) is 18.2 Å². The number of hydrogen-bond acceptors (Lipinski definition) is 5. The summed E-state index contributed by atoms with van der Waals surface area (Å²) in [7, 11) is 0. The number of nitrogens with two attached hydrogens (primary N) is 1. The SMILES string of the molecule is Nc1cc(C(=O)NCC2(O)CCOC2)nc2ccccc12. The second-order valence-electron chi connectivity index (χ2n) is 5.32. The van der Waals surface area contributed by atoms with Crippen molar-refractivity contribution in [2.24, 2.45) is 0 Å². The molecule has 21 heavy (non-hydrogen) atoms. The van der Waals surface area contributed by atoms with E-state index >= 15 is 0 Å². The summed E-state index contributed by atoms with van der Waals surface area (Å²) in [6.07, 6.45) is 0.514. The van der Waals surface area contributed by atoms with Crippen LogP contribution in [0.1, 0.15) is 16.9 Å². The highest BCUT2D eigenvalue weighted by atomic mass is 16.5. The van der Waals surface area contributed by atoms with Crippen molar-refractivity contribution in [1.82, 2.24) is 10.3 Å². The van der Waals surface area contributed by atoms with E-state index in [1.807, 2.05) is 18.2 Å². The van der Waals surface area contributed by atoms with Gasteiger partial charge in [0.05, 0.1) is 12.1 Å². The van der Waals surface area contributed by atoms with E-state index in [-0.39, 0.29) is 24.8 Å². The lowest BCUT2D eigenvalue weighted by atomic mass is 10.0. The Morgan fingerprint density at radius 2 is 2.29 bits per heavy atom. The molecule has 1 aromatic heterocycles. The van der Waals surface area contributed by atoms with Crippen molar-refractivity contribution < 1.29 is 14.6 Å². The molecule has 0 saturated carbocycles. The zero-order chi connectivity index (χ0) is 14.9. The van der Waals surface area contributed by atoms with Crippen LogP contribution in [-0.2, 0) is 4.74 Å². The van der Waals surface area contributed by atoms with Crippen molar-refractivity contribution in [1.29, 1.82) is 0 Å². The smallest absolute Gasteiger partial charge is 0.270 e. The molecule has 110 valence electrons. The number of pyridine rings is 1. The zero-order valence-corrected chi connectivity index (χ0v) is 11.5. The summed E-state index contributed by atoms with van der Waals surface area (Å²) in [6.45, 7) is 0.883. The fourth-order valence-electron chi connectivity index (χ4n) is 2.39. The zero-order valence-electron chi connectivity index (χ0n) is 11.5. The van der Waals surface area contributed by atoms with Crippen molar-refractivity contribution >= 4 is 22.5 Å². The molecule has 0 spiro atoms. The van der Waals surface area contributed by atoms with Gasteiger partial charge in [0.25, 0.3) is 5.91 Å². The van der Waals surface area contributed by atoms with Crippen LogP contribution in [0.2, 0.25) is 0 Å². The Balaban J connectivity index is 1.78. The number of aromatic nitrogens is 1. The fraction of sp³-hybridized carbons (Fsp3) is 0.333. The second kappa shape index (κ2) is 5.31. The number of anilines is 1. The predicted molar refractivity (Wildman–Crippen MR) is 78.9 cm³/mol. The molecule has 1 saturated heterocycles. The number of hydrogen-bond donors (Lipinski definition) is 3. The first kappa shape index (κ1) is 13.8. The maximum atomic E-state index is 12.2. The van der Waals surface area contributed by atoms with Crippen LogP contribution in [0, 0.1) is 0 Å². The van der Waals surface area contributed by atoms with Crippen LogP contribution < -0.4 is 11.1 Å². The third-order valence-electron chi connectivity index (χ3n) is 3.64. The topological polar surface area (TPSA) is 97.5 Å². The molecule has 4 N–H and O–H groups in total. The number of nitrogens with one attached hydrogen (secondary N) is 1. The number of rotatable bonds is 3. The summed E-state index contributed by atoms with van der Waals surface area (Å²) in [4.78, 5) is 16.5. The van der Waals surface area contributed by atoms with E-state index in [1.165, 1.54) is 0 Å². The van der Waals surface area contributed by atoms with Crippen LogP contribution in [0.15, 0.2) is 30.3 Å². The summed E-state index contributed by atoms with van der Waals surface area (Å²) >= 11 is 0. The van der Waals surface area contributed by atoms with Gasteiger partial charge in [0.1, 0.15) is 11.3 Å². The number of carbonyl (C=O) groups is 1. The molecule has 1 aliphatic rings. The number of nitrogen functional groups attached to an aromatic ring is 1. The van der Waals surface area contributed by atoms with Crippen molar-refractivity contribution in [3.05, 3.63) is 36.0 Å². The monoisotopic (exact) mass is 287 g/mol. The lowest BCUT2D eigenvalue weighted by Gasteiger charge is -2.20. The van der Waals surface area contributed by atoms with E-state index in [0.717, 1.165) is 5.39 Å². The quantitative estimate of drug-likeness (QED) is 0.772. The van der Waals surface area contributed by atoms with E-state index in [4.69, 9.17) is 10.5 Å². The summed E-state index contributed by atoms with van der Waals surface area (Å²) in [5.41, 5.74) is 6.39. The Labute approximate surface area is 121 Å². The first-order chi connectivity index (χ1) is 10.1. The van der Waals surface area contributed by atoms with Gasteiger partial charge < -0.3 is 20.9 Å². The number of benzene rings is 1. The largest absolute Gasteiger partial charge is 0.398 e. The molecule has 0 radical (unpaired) electrons. The lowest BCUT2D eigenvalue weighted by molar-refractivity contribution is 0.0264. The predicted octanol–water partition coefficient (Wildman–Crippen LogP) is 0.698. The van der Waals surface area contributed by atoms with E-state index in [0.29, 0.717) is 24.2 Å². The first-order valence-electron chi connectivity index (χ1n) is 6.81. The number of aliphatic hydroxyl groups is 1. The van der Waals surface area contributed by atoms with Crippen LogP contribution in [-0.4, -0.2) is 41.4 Å². The van der Waals surface area contributed by atoms with Gasteiger partial charge >= 0.3 is 0 Å². The van der Waals surface area contributed by atoms with Crippen LogP contribution in [0.4, 0.5) is 5.69 Å². The maximum absolute atomic E-state index is 12.2. The molecule has 6 nitrogen and oxygen atoms in total. The average molecular weight is 287 g/mol. The average Bonchev–Trinajstić information content (AvgIpc) is 2.92. The number of para-hydroxylation sites is 1. The summed E-state index contributed by atoms with van der Waals surface area (Å²) < 4.78 is 5.14. The van der Waals surface area contributed by atoms with Crippen LogP contribution >= 0.6 is 0 Å². The number of carbonyl (C=O) groups excluding carboxylic acids is 1. The minimum absolute atomic E-state index is 0.139. The van der Waals surface area contributed by atoms with Gasteiger partial charge in [-0.15, -0.1) is 0 Å². The molecular formula is C15H17N3O3. The minimum Gasteiger partial charge on any atom is -0.398 e. The Morgan fingerprint density at radius 3 is 3.05 bits per heavy atom. The molecule has 2 aromatic rings. The lowest BCUT2D eigenvalue weighted by Crippen LogP contribution is -2.43. The molecule has 2 heterocycles. The molecule has 1 amide bonds. The minimum atomic E-state index is -0.988. The summed E-state index contributed by atoms with van der Waals surface area (Å²) in [5, 5.41) is 13.6. The number of ether oxygens (including phenoxy) is 1. The number of nitrogens with zero attached hydrogens (tertiary/aromatic N) is 1. The van der Waals surface area contributed by atoms with Gasteiger partial charge in [-0.3, -0.25) is 4.79 Å². The molecule has 1 aliphatic heterocycles. The number of amides is 1. The molecular weight excluding hydrogens is 270 g/mol. The third kappa shape index (κ3) is 2.81.